The first-order valence-electron chi connectivity index (χ1n) is 4.29. The van der Waals surface area contributed by atoms with Gasteiger partial charge < -0.3 is 10.9 Å². The SMILES string of the molecule is CC/C(=C\C(=N/O)C(N)=O)[C@H](C)[N+](=O)[O-]. The second-order valence-corrected chi connectivity index (χ2v) is 2.88. The molecule has 1 atom stereocenters. The minimum Gasteiger partial charge on any atom is -0.410 e. The predicted octanol–water partition coefficient (Wildman–Crippen LogP) is 0.304. The van der Waals surface area contributed by atoms with Crippen LogP contribution in [0.3, 0.4) is 0 Å². The van der Waals surface area contributed by atoms with Crippen molar-refractivity contribution in [2.45, 2.75) is 26.3 Å². The minimum absolute atomic E-state index is 0.367. The molecule has 0 heterocycles. The van der Waals surface area contributed by atoms with Crippen molar-refractivity contribution < 1.29 is 14.9 Å². The van der Waals surface area contributed by atoms with E-state index in [2.05, 4.69) is 5.16 Å². The van der Waals surface area contributed by atoms with E-state index < -0.39 is 16.9 Å². The quantitative estimate of drug-likeness (QED) is 0.296. The largest absolute Gasteiger partial charge is 0.410 e. The Morgan fingerprint density at radius 1 is 1.73 bits per heavy atom. The molecule has 0 aromatic heterocycles. The summed E-state index contributed by atoms with van der Waals surface area (Å²) in [7, 11) is 0. The van der Waals surface area contributed by atoms with Crippen molar-refractivity contribution in [1.82, 2.24) is 0 Å². The summed E-state index contributed by atoms with van der Waals surface area (Å²) in [5, 5.41) is 21.6. The average molecular weight is 215 g/mol. The maximum Gasteiger partial charge on any atom is 0.270 e. The topological polar surface area (TPSA) is 119 Å². The zero-order chi connectivity index (χ0) is 12.0. The van der Waals surface area contributed by atoms with Crippen molar-refractivity contribution in [2.75, 3.05) is 0 Å². The third-order valence-electron chi connectivity index (χ3n) is 1.94. The van der Waals surface area contributed by atoms with E-state index in [9.17, 15) is 14.9 Å². The summed E-state index contributed by atoms with van der Waals surface area (Å²) in [6.07, 6.45) is 1.50. The van der Waals surface area contributed by atoms with E-state index in [1.54, 1.807) is 6.92 Å². The van der Waals surface area contributed by atoms with Crippen LogP contribution in [0.4, 0.5) is 0 Å². The smallest absolute Gasteiger partial charge is 0.270 e. The molecule has 0 aliphatic carbocycles. The van der Waals surface area contributed by atoms with Crippen molar-refractivity contribution in [3.63, 3.8) is 0 Å². The molecule has 0 bridgehead atoms. The molecule has 0 spiro atoms. The standard InChI is InChI=1S/C8H13N3O4/c1-3-6(5(2)11(14)15)4-7(10-13)8(9)12/h4-5,13H,3H2,1-2H3,(H2,9,12)/b6-4+,10-7+/t5-/m0/s1. The van der Waals surface area contributed by atoms with Gasteiger partial charge in [-0.25, -0.2) is 0 Å². The van der Waals surface area contributed by atoms with Crippen LogP contribution in [0.15, 0.2) is 16.8 Å². The van der Waals surface area contributed by atoms with Crippen LogP contribution < -0.4 is 5.73 Å². The van der Waals surface area contributed by atoms with Crippen molar-refractivity contribution in [3.05, 3.63) is 21.8 Å². The number of amides is 1. The first-order chi connectivity index (χ1) is 6.93. The van der Waals surface area contributed by atoms with Crippen LogP contribution in [0.2, 0.25) is 0 Å². The molecule has 0 radical (unpaired) electrons. The van der Waals surface area contributed by atoms with E-state index >= 15 is 0 Å². The third-order valence-corrected chi connectivity index (χ3v) is 1.94. The van der Waals surface area contributed by atoms with Gasteiger partial charge in [0.1, 0.15) is 0 Å². The van der Waals surface area contributed by atoms with Gasteiger partial charge in [0.25, 0.3) is 5.91 Å². The Balaban J connectivity index is 5.03. The van der Waals surface area contributed by atoms with Gasteiger partial charge in [0.05, 0.1) is 0 Å². The molecule has 0 aromatic carbocycles. The molecular weight excluding hydrogens is 202 g/mol. The second kappa shape index (κ2) is 5.74. The molecule has 0 rings (SSSR count). The van der Waals surface area contributed by atoms with Gasteiger partial charge in [-0.3, -0.25) is 14.9 Å². The third kappa shape index (κ3) is 3.75. The van der Waals surface area contributed by atoms with Crippen molar-refractivity contribution in [3.8, 4) is 0 Å². The number of hydrogen-bond acceptors (Lipinski definition) is 5. The van der Waals surface area contributed by atoms with Gasteiger partial charge in [-0.2, -0.15) is 0 Å². The Bertz CT molecular complexity index is 322. The summed E-state index contributed by atoms with van der Waals surface area (Å²) in [6, 6.07) is -0.939. The molecule has 0 saturated heterocycles. The molecular formula is C8H13N3O4. The van der Waals surface area contributed by atoms with Crippen LogP contribution in [0.5, 0.6) is 0 Å². The zero-order valence-corrected chi connectivity index (χ0v) is 8.51. The average Bonchev–Trinajstić information content (AvgIpc) is 2.18. The lowest BCUT2D eigenvalue weighted by atomic mass is 10.0. The highest BCUT2D eigenvalue weighted by Gasteiger charge is 2.19. The molecule has 0 saturated carbocycles. The van der Waals surface area contributed by atoms with E-state index in [0.717, 1.165) is 6.08 Å². The van der Waals surface area contributed by atoms with Gasteiger partial charge in [0, 0.05) is 17.4 Å². The minimum atomic E-state index is -0.939. The number of primary amides is 1. The van der Waals surface area contributed by atoms with Gasteiger partial charge >= 0.3 is 0 Å². The van der Waals surface area contributed by atoms with Crippen LogP contribution in [-0.2, 0) is 4.79 Å². The highest BCUT2D eigenvalue weighted by molar-refractivity contribution is 6.42. The number of nitrogens with zero attached hydrogens (tertiary/aromatic N) is 2. The molecule has 0 unspecified atom stereocenters. The van der Waals surface area contributed by atoms with E-state index in [1.165, 1.54) is 6.92 Å². The number of nitro groups is 1. The number of hydrogen-bond donors (Lipinski definition) is 2. The van der Waals surface area contributed by atoms with Gasteiger partial charge in [-0.15, -0.1) is 0 Å². The molecule has 0 aliphatic rings. The summed E-state index contributed by atoms with van der Waals surface area (Å²) in [5.74, 6) is -0.931. The molecule has 1 amide bonds. The summed E-state index contributed by atoms with van der Waals surface area (Å²) >= 11 is 0. The maximum atomic E-state index is 10.7. The highest BCUT2D eigenvalue weighted by Crippen LogP contribution is 2.10. The second-order valence-electron chi connectivity index (χ2n) is 2.88. The summed E-state index contributed by atoms with van der Waals surface area (Å²) in [5.41, 5.74) is 4.86. The van der Waals surface area contributed by atoms with Crippen LogP contribution in [-0.4, -0.2) is 27.8 Å². The molecule has 7 heteroatoms. The Kier molecular flexibility index (Phi) is 5.00. The Morgan fingerprint density at radius 2 is 2.27 bits per heavy atom. The fourth-order valence-electron chi connectivity index (χ4n) is 0.978. The molecule has 3 N–H and O–H groups in total. The maximum absolute atomic E-state index is 10.7. The summed E-state index contributed by atoms with van der Waals surface area (Å²) < 4.78 is 0. The number of oxime groups is 1. The van der Waals surface area contributed by atoms with Crippen LogP contribution in [0.25, 0.3) is 0 Å². The van der Waals surface area contributed by atoms with E-state index in [0.29, 0.717) is 12.0 Å². The summed E-state index contributed by atoms with van der Waals surface area (Å²) in [4.78, 5) is 20.7. The highest BCUT2D eigenvalue weighted by atomic mass is 16.6. The number of carbonyl (C=O) groups excluding carboxylic acids is 1. The fraction of sp³-hybridized carbons (Fsp3) is 0.500. The number of rotatable bonds is 5. The summed E-state index contributed by atoms with van der Waals surface area (Å²) in [6.45, 7) is 3.08. The normalized spacial score (nSPS) is 14.8. The molecule has 0 fully saturated rings. The Morgan fingerprint density at radius 3 is 2.53 bits per heavy atom. The lowest BCUT2D eigenvalue weighted by Gasteiger charge is -2.06. The molecule has 0 aliphatic heterocycles. The van der Waals surface area contributed by atoms with E-state index in [4.69, 9.17) is 10.9 Å². The van der Waals surface area contributed by atoms with Gasteiger partial charge in [0.15, 0.2) is 5.71 Å². The molecule has 84 valence electrons. The van der Waals surface area contributed by atoms with Gasteiger partial charge in [-0.05, 0) is 12.5 Å². The van der Waals surface area contributed by atoms with Crippen molar-refractivity contribution in [2.24, 2.45) is 10.9 Å². The fourth-order valence-corrected chi connectivity index (χ4v) is 0.978. The van der Waals surface area contributed by atoms with Crippen LogP contribution in [0, 0.1) is 10.1 Å². The first-order valence-corrected chi connectivity index (χ1v) is 4.29. The lowest BCUT2D eigenvalue weighted by molar-refractivity contribution is -0.507. The van der Waals surface area contributed by atoms with Gasteiger partial charge in [0.2, 0.25) is 6.04 Å². The predicted molar refractivity (Wildman–Crippen MR) is 53.2 cm³/mol. The number of nitrogens with two attached hydrogens (primary N) is 1. The molecule has 7 nitrogen and oxygen atoms in total. The molecule has 15 heavy (non-hydrogen) atoms. The van der Waals surface area contributed by atoms with Gasteiger partial charge in [-0.1, -0.05) is 12.1 Å². The van der Waals surface area contributed by atoms with Crippen molar-refractivity contribution >= 4 is 11.6 Å². The zero-order valence-electron chi connectivity index (χ0n) is 8.51. The Labute approximate surface area is 86.4 Å². The first kappa shape index (κ1) is 13.1. The van der Waals surface area contributed by atoms with Crippen LogP contribution >= 0.6 is 0 Å². The van der Waals surface area contributed by atoms with Crippen LogP contribution in [0.1, 0.15) is 20.3 Å². The Hall–Kier alpha value is -1.92. The number of carbonyl (C=O) groups is 1. The lowest BCUT2D eigenvalue weighted by Crippen LogP contribution is -2.24. The monoisotopic (exact) mass is 215 g/mol. The molecule has 0 aromatic rings. The van der Waals surface area contributed by atoms with E-state index in [1.807, 2.05) is 0 Å². The van der Waals surface area contributed by atoms with Crippen molar-refractivity contribution in [1.29, 1.82) is 0 Å². The van der Waals surface area contributed by atoms with E-state index in [-0.39, 0.29) is 5.71 Å².